The first-order valence-corrected chi connectivity index (χ1v) is 6.15. The number of piperazine rings is 1. The van der Waals surface area contributed by atoms with Crippen molar-refractivity contribution in [3.63, 3.8) is 0 Å². The first kappa shape index (κ1) is 12.9. The Hall–Kier alpha value is -1.57. The summed E-state index contributed by atoms with van der Waals surface area (Å²) in [6.45, 7) is 1.40. The van der Waals surface area contributed by atoms with Crippen molar-refractivity contribution >= 4 is 23.2 Å². The van der Waals surface area contributed by atoms with Crippen LogP contribution in [-0.4, -0.2) is 37.0 Å². The summed E-state index contributed by atoms with van der Waals surface area (Å²) in [4.78, 5) is 16.0. The SMILES string of the molecule is CN1CCN(c2ccc(Cl)cc2)C(=O)C1CC#N. The highest BCUT2D eigenvalue weighted by atomic mass is 35.5. The molecule has 5 heteroatoms. The molecule has 1 aromatic carbocycles. The Balaban J connectivity index is 2.22. The lowest BCUT2D eigenvalue weighted by Crippen LogP contribution is -2.55. The molecule has 0 N–H and O–H groups in total. The summed E-state index contributed by atoms with van der Waals surface area (Å²) < 4.78 is 0. The van der Waals surface area contributed by atoms with Gasteiger partial charge in [0.2, 0.25) is 5.91 Å². The van der Waals surface area contributed by atoms with Crippen LogP contribution in [0.25, 0.3) is 0 Å². The van der Waals surface area contributed by atoms with Gasteiger partial charge in [0, 0.05) is 23.8 Å². The molecule has 1 aliphatic rings. The van der Waals surface area contributed by atoms with Crippen LogP contribution in [0.15, 0.2) is 24.3 Å². The third-order valence-electron chi connectivity index (χ3n) is 3.18. The van der Waals surface area contributed by atoms with Gasteiger partial charge in [-0.25, -0.2) is 0 Å². The minimum absolute atomic E-state index is 0.0207. The molecule has 1 fully saturated rings. The molecule has 1 aliphatic heterocycles. The molecule has 18 heavy (non-hydrogen) atoms. The molecule has 0 aliphatic carbocycles. The standard InChI is InChI=1S/C13H14ClN3O/c1-16-8-9-17(13(18)12(16)6-7-15)11-4-2-10(14)3-5-11/h2-5,12H,6,8-9H2,1H3. The first-order valence-electron chi connectivity index (χ1n) is 5.77. The van der Waals surface area contributed by atoms with Crippen LogP contribution < -0.4 is 4.90 Å². The fraction of sp³-hybridized carbons (Fsp3) is 0.385. The average Bonchev–Trinajstić information content (AvgIpc) is 2.36. The smallest absolute Gasteiger partial charge is 0.245 e. The van der Waals surface area contributed by atoms with Crippen LogP contribution in [0.1, 0.15) is 6.42 Å². The van der Waals surface area contributed by atoms with Crippen molar-refractivity contribution in [1.29, 1.82) is 5.26 Å². The normalized spacial score (nSPS) is 20.8. The molecule has 1 heterocycles. The maximum atomic E-state index is 12.3. The van der Waals surface area contributed by atoms with Gasteiger partial charge in [-0.1, -0.05) is 11.6 Å². The fourth-order valence-corrected chi connectivity index (χ4v) is 2.23. The number of carbonyl (C=O) groups is 1. The van der Waals surface area contributed by atoms with E-state index in [-0.39, 0.29) is 18.4 Å². The van der Waals surface area contributed by atoms with Crippen molar-refractivity contribution in [1.82, 2.24) is 4.90 Å². The van der Waals surface area contributed by atoms with Crippen molar-refractivity contribution in [3.05, 3.63) is 29.3 Å². The van der Waals surface area contributed by atoms with E-state index >= 15 is 0 Å². The Labute approximate surface area is 111 Å². The molecule has 1 atom stereocenters. The Bertz CT molecular complexity index is 480. The second-order valence-electron chi connectivity index (χ2n) is 4.32. The number of anilines is 1. The highest BCUT2D eigenvalue weighted by Crippen LogP contribution is 2.22. The number of likely N-dealkylation sites (N-methyl/N-ethyl adjacent to an activating group) is 1. The van der Waals surface area contributed by atoms with Crippen LogP contribution >= 0.6 is 11.6 Å². The van der Waals surface area contributed by atoms with Gasteiger partial charge in [0.05, 0.1) is 12.5 Å². The molecule has 0 radical (unpaired) electrons. The van der Waals surface area contributed by atoms with E-state index in [2.05, 4.69) is 6.07 Å². The summed E-state index contributed by atoms with van der Waals surface area (Å²) in [5.41, 5.74) is 0.834. The largest absolute Gasteiger partial charge is 0.310 e. The van der Waals surface area contributed by atoms with Gasteiger partial charge in [0.1, 0.15) is 6.04 Å². The number of halogens is 1. The Morgan fingerprint density at radius 1 is 1.39 bits per heavy atom. The van der Waals surface area contributed by atoms with E-state index in [0.717, 1.165) is 12.2 Å². The first-order chi connectivity index (χ1) is 8.63. The molecule has 0 aromatic heterocycles. The Kier molecular flexibility index (Phi) is 3.85. The number of amides is 1. The number of nitrogens with zero attached hydrogens (tertiary/aromatic N) is 3. The number of rotatable bonds is 2. The van der Waals surface area contributed by atoms with Crippen molar-refractivity contribution in [2.45, 2.75) is 12.5 Å². The third-order valence-corrected chi connectivity index (χ3v) is 3.43. The van der Waals surface area contributed by atoms with Crippen LogP contribution in [0.2, 0.25) is 5.02 Å². The molecule has 0 saturated carbocycles. The van der Waals surface area contributed by atoms with Gasteiger partial charge >= 0.3 is 0 Å². The van der Waals surface area contributed by atoms with Crippen molar-refractivity contribution in [2.75, 3.05) is 25.0 Å². The summed E-state index contributed by atoms with van der Waals surface area (Å²) >= 11 is 5.83. The monoisotopic (exact) mass is 263 g/mol. The van der Waals surface area contributed by atoms with E-state index in [9.17, 15) is 4.79 Å². The van der Waals surface area contributed by atoms with Gasteiger partial charge in [-0.15, -0.1) is 0 Å². The molecule has 1 aromatic rings. The zero-order chi connectivity index (χ0) is 13.1. The van der Waals surface area contributed by atoms with Gasteiger partial charge in [-0.3, -0.25) is 9.69 Å². The quantitative estimate of drug-likeness (QED) is 0.819. The van der Waals surface area contributed by atoms with Crippen LogP contribution in [0.4, 0.5) is 5.69 Å². The molecule has 1 unspecified atom stereocenters. The van der Waals surface area contributed by atoms with Gasteiger partial charge < -0.3 is 4.90 Å². The maximum Gasteiger partial charge on any atom is 0.245 e. The molecular weight excluding hydrogens is 250 g/mol. The average molecular weight is 264 g/mol. The third kappa shape index (κ3) is 2.47. The second-order valence-corrected chi connectivity index (χ2v) is 4.76. The molecule has 2 rings (SSSR count). The molecule has 0 bridgehead atoms. The van der Waals surface area contributed by atoms with Crippen LogP contribution in [0.3, 0.4) is 0 Å². The lowest BCUT2D eigenvalue weighted by Gasteiger charge is -2.37. The van der Waals surface area contributed by atoms with Crippen LogP contribution in [0, 0.1) is 11.3 Å². The van der Waals surface area contributed by atoms with E-state index in [4.69, 9.17) is 16.9 Å². The van der Waals surface area contributed by atoms with Crippen molar-refractivity contribution in [2.24, 2.45) is 0 Å². The zero-order valence-corrected chi connectivity index (χ0v) is 10.9. The Morgan fingerprint density at radius 3 is 2.67 bits per heavy atom. The molecular formula is C13H14ClN3O. The molecule has 1 saturated heterocycles. The fourth-order valence-electron chi connectivity index (χ4n) is 2.10. The summed E-state index contributed by atoms with van der Waals surface area (Å²) in [6.07, 6.45) is 0.222. The number of hydrogen-bond donors (Lipinski definition) is 0. The van der Waals surface area contributed by atoms with Crippen molar-refractivity contribution < 1.29 is 4.79 Å². The number of carbonyl (C=O) groups excluding carboxylic acids is 1. The molecule has 1 amide bonds. The lowest BCUT2D eigenvalue weighted by atomic mass is 10.1. The lowest BCUT2D eigenvalue weighted by molar-refractivity contribution is -0.125. The van der Waals surface area contributed by atoms with E-state index in [1.54, 1.807) is 17.0 Å². The van der Waals surface area contributed by atoms with E-state index in [0.29, 0.717) is 11.6 Å². The minimum Gasteiger partial charge on any atom is -0.310 e. The summed E-state index contributed by atoms with van der Waals surface area (Å²) in [5.74, 6) is -0.0207. The molecule has 4 nitrogen and oxygen atoms in total. The predicted molar refractivity (Wildman–Crippen MR) is 70.5 cm³/mol. The number of benzene rings is 1. The van der Waals surface area contributed by atoms with Gasteiger partial charge in [-0.05, 0) is 31.3 Å². The zero-order valence-electron chi connectivity index (χ0n) is 10.1. The maximum absolute atomic E-state index is 12.3. The van der Waals surface area contributed by atoms with E-state index in [1.165, 1.54) is 0 Å². The van der Waals surface area contributed by atoms with Gasteiger partial charge in [0.15, 0.2) is 0 Å². The number of nitriles is 1. The highest BCUT2D eigenvalue weighted by molar-refractivity contribution is 6.30. The van der Waals surface area contributed by atoms with Gasteiger partial charge in [0.25, 0.3) is 0 Å². The van der Waals surface area contributed by atoms with Crippen LogP contribution in [-0.2, 0) is 4.79 Å². The molecule has 0 spiro atoms. The summed E-state index contributed by atoms with van der Waals surface area (Å²) in [7, 11) is 1.87. The van der Waals surface area contributed by atoms with Gasteiger partial charge in [-0.2, -0.15) is 5.26 Å². The highest BCUT2D eigenvalue weighted by Gasteiger charge is 2.33. The Morgan fingerprint density at radius 2 is 2.06 bits per heavy atom. The van der Waals surface area contributed by atoms with E-state index < -0.39 is 0 Å². The minimum atomic E-state index is -0.348. The van der Waals surface area contributed by atoms with Crippen LogP contribution in [0.5, 0.6) is 0 Å². The summed E-state index contributed by atoms with van der Waals surface area (Å²) in [6, 6.07) is 8.91. The predicted octanol–water partition coefficient (Wildman–Crippen LogP) is 1.90. The topological polar surface area (TPSA) is 47.3 Å². The van der Waals surface area contributed by atoms with E-state index in [1.807, 2.05) is 24.1 Å². The second kappa shape index (κ2) is 5.38. The summed E-state index contributed by atoms with van der Waals surface area (Å²) in [5, 5.41) is 9.43. The van der Waals surface area contributed by atoms with Crippen molar-refractivity contribution in [3.8, 4) is 6.07 Å². The molecule has 94 valence electrons. The number of hydrogen-bond acceptors (Lipinski definition) is 3.